The first-order chi connectivity index (χ1) is 11.2. The van der Waals surface area contributed by atoms with E-state index in [1.807, 2.05) is 6.07 Å². The SMILES string of the molecule is O=C(CCCc1cccc(O)c1)c1cc(O)ccc1OP(=O)(O)O. The Bertz CT molecular complexity index is 782. The van der Waals surface area contributed by atoms with Crippen molar-refractivity contribution in [1.82, 2.24) is 0 Å². The molecule has 0 aliphatic carbocycles. The van der Waals surface area contributed by atoms with Gasteiger partial charge in [0.1, 0.15) is 17.2 Å². The average molecular weight is 352 g/mol. The van der Waals surface area contributed by atoms with Gasteiger partial charge in [-0.2, -0.15) is 0 Å². The average Bonchev–Trinajstić information content (AvgIpc) is 2.47. The highest BCUT2D eigenvalue weighted by atomic mass is 31.2. The number of hydrogen-bond acceptors (Lipinski definition) is 5. The minimum atomic E-state index is -4.81. The van der Waals surface area contributed by atoms with E-state index >= 15 is 0 Å². The van der Waals surface area contributed by atoms with Crippen molar-refractivity contribution >= 4 is 13.6 Å². The minimum Gasteiger partial charge on any atom is -0.508 e. The van der Waals surface area contributed by atoms with Gasteiger partial charge in [0.15, 0.2) is 5.78 Å². The third kappa shape index (κ3) is 5.38. The summed E-state index contributed by atoms with van der Waals surface area (Å²) >= 11 is 0. The van der Waals surface area contributed by atoms with E-state index in [2.05, 4.69) is 4.52 Å². The maximum absolute atomic E-state index is 12.3. The lowest BCUT2D eigenvalue weighted by Crippen LogP contribution is -2.04. The molecule has 24 heavy (non-hydrogen) atoms. The van der Waals surface area contributed by atoms with Crippen LogP contribution in [0.5, 0.6) is 17.2 Å². The molecule has 0 radical (unpaired) electrons. The van der Waals surface area contributed by atoms with Crippen molar-refractivity contribution in [2.24, 2.45) is 0 Å². The molecule has 0 fully saturated rings. The summed E-state index contributed by atoms with van der Waals surface area (Å²) in [5.74, 6) is -0.744. The molecule has 0 aliphatic rings. The summed E-state index contributed by atoms with van der Waals surface area (Å²) in [5, 5.41) is 18.9. The molecule has 128 valence electrons. The molecule has 2 aromatic rings. The number of aryl methyl sites for hydroxylation is 1. The Morgan fingerprint density at radius 3 is 2.42 bits per heavy atom. The van der Waals surface area contributed by atoms with Gasteiger partial charge in [-0.3, -0.25) is 14.6 Å². The van der Waals surface area contributed by atoms with E-state index in [4.69, 9.17) is 9.79 Å². The van der Waals surface area contributed by atoms with Crippen molar-refractivity contribution in [3.8, 4) is 17.2 Å². The molecular weight excluding hydrogens is 335 g/mol. The Hall–Kier alpha value is -2.34. The van der Waals surface area contributed by atoms with Gasteiger partial charge in [-0.15, -0.1) is 0 Å². The summed E-state index contributed by atoms with van der Waals surface area (Å²) < 4.78 is 15.5. The van der Waals surface area contributed by atoms with Crippen LogP contribution in [-0.4, -0.2) is 25.8 Å². The first-order valence-electron chi connectivity index (χ1n) is 7.14. The number of phosphoric acid groups is 1. The summed E-state index contributed by atoms with van der Waals surface area (Å²) in [6.07, 6.45) is 1.11. The predicted octanol–water partition coefficient (Wildman–Crippen LogP) is 2.77. The number of phenolic OH excluding ortho intramolecular Hbond substituents is 2. The van der Waals surface area contributed by atoms with Crippen LogP contribution in [0, 0.1) is 0 Å². The van der Waals surface area contributed by atoms with Crippen molar-refractivity contribution in [2.45, 2.75) is 19.3 Å². The molecule has 0 amide bonds. The Morgan fingerprint density at radius 2 is 1.75 bits per heavy atom. The molecule has 8 heteroatoms. The number of rotatable bonds is 7. The number of benzene rings is 2. The second-order valence-corrected chi connectivity index (χ2v) is 6.37. The largest absolute Gasteiger partial charge is 0.524 e. The molecular formula is C16H17O7P. The van der Waals surface area contributed by atoms with Gasteiger partial charge in [-0.25, -0.2) is 4.57 Å². The van der Waals surface area contributed by atoms with Gasteiger partial charge in [0.25, 0.3) is 0 Å². The van der Waals surface area contributed by atoms with Crippen molar-refractivity contribution in [2.75, 3.05) is 0 Å². The number of carbonyl (C=O) groups is 1. The fourth-order valence-electron chi connectivity index (χ4n) is 2.24. The van der Waals surface area contributed by atoms with Gasteiger partial charge in [-0.1, -0.05) is 12.1 Å². The fourth-order valence-corrected chi connectivity index (χ4v) is 2.66. The molecule has 4 N–H and O–H groups in total. The first kappa shape index (κ1) is 18.0. The van der Waals surface area contributed by atoms with Gasteiger partial charge < -0.3 is 14.7 Å². The number of carbonyl (C=O) groups excluding carboxylic acids is 1. The molecule has 0 atom stereocenters. The molecule has 0 bridgehead atoms. The smallest absolute Gasteiger partial charge is 0.508 e. The lowest BCUT2D eigenvalue weighted by atomic mass is 10.0. The summed E-state index contributed by atoms with van der Waals surface area (Å²) in [6.45, 7) is 0. The lowest BCUT2D eigenvalue weighted by molar-refractivity contribution is 0.0978. The summed E-state index contributed by atoms with van der Waals surface area (Å²) in [6, 6.07) is 10.1. The van der Waals surface area contributed by atoms with Crippen LogP contribution in [0.2, 0.25) is 0 Å². The fraction of sp³-hybridized carbons (Fsp3) is 0.188. The van der Waals surface area contributed by atoms with E-state index in [9.17, 15) is 19.6 Å². The minimum absolute atomic E-state index is 0.0887. The third-order valence-electron chi connectivity index (χ3n) is 3.26. The molecule has 0 heterocycles. The summed E-state index contributed by atoms with van der Waals surface area (Å²) in [7, 11) is -4.81. The van der Waals surface area contributed by atoms with E-state index in [0.29, 0.717) is 12.8 Å². The number of aromatic hydroxyl groups is 2. The standard InChI is InChI=1S/C16H17O7P/c17-12-5-1-3-11(9-12)4-2-6-15(19)14-10-13(18)7-8-16(14)23-24(20,21)22/h1,3,5,7-10,17-18H,2,4,6H2,(H2,20,21,22). The quantitative estimate of drug-likeness (QED) is 0.446. The highest BCUT2D eigenvalue weighted by Crippen LogP contribution is 2.40. The highest BCUT2D eigenvalue weighted by Gasteiger charge is 2.21. The lowest BCUT2D eigenvalue weighted by Gasteiger charge is -2.11. The molecule has 7 nitrogen and oxygen atoms in total. The summed E-state index contributed by atoms with van der Waals surface area (Å²) in [5.41, 5.74) is 0.777. The number of phenols is 2. The van der Waals surface area contributed by atoms with E-state index in [1.54, 1.807) is 18.2 Å². The molecule has 2 rings (SSSR count). The molecule has 0 saturated heterocycles. The van der Waals surface area contributed by atoms with Crippen LogP contribution in [-0.2, 0) is 11.0 Å². The maximum atomic E-state index is 12.3. The van der Waals surface area contributed by atoms with E-state index in [0.717, 1.165) is 17.7 Å². The van der Waals surface area contributed by atoms with Crippen molar-refractivity contribution < 1.29 is 33.9 Å². The topological polar surface area (TPSA) is 124 Å². The van der Waals surface area contributed by atoms with Crippen LogP contribution in [0.1, 0.15) is 28.8 Å². The van der Waals surface area contributed by atoms with Gasteiger partial charge in [0.2, 0.25) is 0 Å². The van der Waals surface area contributed by atoms with Gasteiger partial charge in [0.05, 0.1) is 5.56 Å². The van der Waals surface area contributed by atoms with Crippen LogP contribution < -0.4 is 4.52 Å². The zero-order valence-corrected chi connectivity index (χ0v) is 13.5. The number of Topliss-reactive ketones (excluding diaryl/α,β-unsaturated/α-hetero) is 1. The monoisotopic (exact) mass is 352 g/mol. The highest BCUT2D eigenvalue weighted by molar-refractivity contribution is 7.46. The Kier molecular flexibility index (Phi) is 5.62. The molecule has 2 aromatic carbocycles. The van der Waals surface area contributed by atoms with Crippen LogP contribution in [0.3, 0.4) is 0 Å². The van der Waals surface area contributed by atoms with Crippen LogP contribution in [0.15, 0.2) is 42.5 Å². The predicted molar refractivity (Wildman–Crippen MR) is 86.2 cm³/mol. The molecule has 0 aromatic heterocycles. The maximum Gasteiger partial charge on any atom is 0.524 e. The molecule has 0 saturated carbocycles. The van der Waals surface area contributed by atoms with Crippen molar-refractivity contribution in [3.05, 3.63) is 53.6 Å². The van der Waals surface area contributed by atoms with Crippen LogP contribution in [0.4, 0.5) is 0 Å². The van der Waals surface area contributed by atoms with E-state index in [1.165, 1.54) is 6.07 Å². The second kappa shape index (κ2) is 7.49. The van der Waals surface area contributed by atoms with Crippen LogP contribution in [0.25, 0.3) is 0 Å². The van der Waals surface area contributed by atoms with Gasteiger partial charge in [-0.05, 0) is 48.7 Å². The third-order valence-corrected chi connectivity index (χ3v) is 3.70. The Morgan fingerprint density at radius 1 is 1.04 bits per heavy atom. The Balaban J connectivity index is 2.06. The first-order valence-corrected chi connectivity index (χ1v) is 8.67. The van der Waals surface area contributed by atoms with E-state index in [-0.39, 0.29) is 29.2 Å². The number of phosphoric ester groups is 1. The van der Waals surface area contributed by atoms with Gasteiger partial charge in [0, 0.05) is 6.42 Å². The zero-order valence-electron chi connectivity index (χ0n) is 12.6. The number of hydrogen-bond donors (Lipinski definition) is 4. The van der Waals surface area contributed by atoms with Gasteiger partial charge >= 0.3 is 7.82 Å². The molecule has 0 aliphatic heterocycles. The zero-order chi connectivity index (χ0) is 17.7. The second-order valence-electron chi connectivity index (χ2n) is 5.21. The Labute approximate surface area is 138 Å². The van der Waals surface area contributed by atoms with E-state index < -0.39 is 13.6 Å². The molecule has 0 unspecified atom stereocenters. The normalized spacial score (nSPS) is 11.2. The number of ketones is 1. The molecule has 0 spiro atoms. The summed E-state index contributed by atoms with van der Waals surface area (Å²) in [4.78, 5) is 30.0. The van der Waals surface area contributed by atoms with Crippen molar-refractivity contribution in [3.63, 3.8) is 0 Å². The van der Waals surface area contributed by atoms with Crippen LogP contribution >= 0.6 is 7.82 Å². The van der Waals surface area contributed by atoms with Crippen molar-refractivity contribution in [1.29, 1.82) is 0 Å².